The molecule has 1 aliphatic rings. The predicted octanol–water partition coefficient (Wildman–Crippen LogP) is 1.88. The average Bonchev–Trinajstić information content (AvgIpc) is 2.74. The predicted molar refractivity (Wildman–Crippen MR) is 58.8 cm³/mol. The highest BCUT2D eigenvalue weighted by molar-refractivity contribution is 5.40. The molecule has 1 heterocycles. The quantitative estimate of drug-likeness (QED) is 0.799. The van der Waals surface area contributed by atoms with Gasteiger partial charge in [-0.15, -0.1) is 0 Å². The van der Waals surface area contributed by atoms with Crippen molar-refractivity contribution in [3.05, 3.63) is 22.6 Å². The van der Waals surface area contributed by atoms with Crippen molar-refractivity contribution >= 4 is 0 Å². The van der Waals surface area contributed by atoms with Crippen LogP contribution in [0.2, 0.25) is 0 Å². The van der Waals surface area contributed by atoms with E-state index in [4.69, 9.17) is 10.2 Å². The van der Waals surface area contributed by atoms with E-state index in [0.29, 0.717) is 5.92 Å². The van der Waals surface area contributed by atoms with Gasteiger partial charge in [-0.3, -0.25) is 0 Å². The van der Waals surface area contributed by atoms with Crippen molar-refractivity contribution < 1.29 is 9.52 Å². The maximum absolute atomic E-state index is 9.18. The second kappa shape index (κ2) is 3.99. The summed E-state index contributed by atoms with van der Waals surface area (Å²) in [6.07, 6.45) is 3.22. The summed E-state index contributed by atoms with van der Waals surface area (Å²) in [6.45, 7) is 4.19. The number of aryl methyl sites for hydroxylation is 1. The van der Waals surface area contributed by atoms with E-state index in [2.05, 4.69) is 13.8 Å². The number of hydrogen-bond donors (Lipinski definition) is 2. The number of aliphatic hydroxyl groups excluding tert-OH is 1. The lowest BCUT2D eigenvalue weighted by molar-refractivity contribution is 0.265. The Kier molecular flexibility index (Phi) is 2.85. The number of furan rings is 1. The molecule has 0 fully saturated rings. The second-order valence-electron chi connectivity index (χ2n) is 4.58. The summed E-state index contributed by atoms with van der Waals surface area (Å²) in [5, 5.41) is 9.18. The van der Waals surface area contributed by atoms with Gasteiger partial charge in [0, 0.05) is 17.9 Å². The lowest BCUT2D eigenvalue weighted by Gasteiger charge is -2.12. The minimum atomic E-state index is -0.284. The number of aliphatic hydroxyl groups is 1. The standard InChI is InChI=1S/C12H19NO2/c1-7(2)12-11(9(13)6-14)8-4-3-5-10(8)15-12/h7,9,14H,3-6,13H2,1-2H3. The molecule has 0 aliphatic heterocycles. The van der Waals surface area contributed by atoms with Crippen molar-refractivity contribution in [2.75, 3.05) is 6.61 Å². The number of rotatable bonds is 3. The zero-order valence-electron chi connectivity index (χ0n) is 9.42. The van der Waals surface area contributed by atoms with Crippen molar-refractivity contribution in [3.8, 4) is 0 Å². The molecular weight excluding hydrogens is 190 g/mol. The summed E-state index contributed by atoms with van der Waals surface area (Å²) in [5.74, 6) is 2.40. The van der Waals surface area contributed by atoms with Crippen LogP contribution in [0.3, 0.4) is 0 Å². The van der Waals surface area contributed by atoms with E-state index >= 15 is 0 Å². The van der Waals surface area contributed by atoms with Crippen LogP contribution in [-0.2, 0) is 12.8 Å². The van der Waals surface area contributed by atoms with Crippen molar-refractivity contribution in [2.24, 2.45) is 5.73 Å². The Morgan fingerprint density at radius 3 is 2.73 bits per heavy atom. The third-order valence-electron chi connectivity index (χ3n) is 3.08. The zero-order valence-corrected chi connectivity index (χ0v) is 9.42. The molecule has 0 saturated carbocycles. The molecule has 3 N–H and O–H groups in total. The van der Waals surface area contributed by atoms with Crippen LogP contribution < -0.4 is 5.73 Å². The molecule has 0 saturated heterocycles. The first-order chi connectivity index (χ1) is 7.15. The van der Waals surface area contributed by atoms with Crippen LogP contribution >= 0.6 is 0 Å². The SMILES string of the molecule is CC(C)c1oc2c(c1C(N)CO)CCC2. The van der Waals surface area contributed by atoms with Gasteiger partial charge in [0.2, 0.25) is 0 Å². The largest absolute Gasteiger partial charge is 0.465 e. The molecule has 0 bridgehead atoms. The summed E-state index contributed by atoms with van der Waals surface area (Å²) in [4.78, 5) is 0. The Hall–Kier alpha value is -0.800. The van der Waals surface area contributed by atoms with Crippen LogP contribution in [-0.4, -0.2) is 11.7 Å². The average molecular weight is 209 g/mol. The van der Waals surface area contributed by atoms with Gasteiger partial charge in [0.1, 0.15) is 11.5 Å². The molecule has 1 unspecified atom stereocenters. The van der Waals surface area contributed by atoms with E-state index < -0.39 is 0 Å². The van der Waals surface area contributed by atoms with E-state index in [1.54, 1.807) is 0 Å². The smallest absolute Gasteiger partial charge is 0.111 e. The minimum absolute atomic E-state index is 0.00824. The van der Waals surface area contributed by atoms with Crippen LogP contribution in [0.25, 0.3) is 0 Å². The Labute approximate surface area is 90.3 Å². The molecule has 0 radical (unpaired) electrons. The van der Waals surface area contributed by atoms with Crippen molar-refractivity contribution in [2.45, 2.75) is 45.1 Å². The van der Waals surface area contributed by atoms with Gasteiger partial charge in [-0.05, 0) is 18.4 Å². The van der Waals surface area contributed by atoms with E-state index in [0.717, 1.165) is 36.3 Å². The van der Waals surface area contributed by atoms with Crippen LogP contribution in [0, 0.1) is 0 Å². The fraction of sp³-hybridized carbons (Fsp3) is 0.667. The number of nitrogens with two attached hydrogens (primary N) is 1. The van der Waals surface area contributed by atoms with Gasteiger partial charge in [0.15, 0.2) is 0 Å². The fourth-order valence-electron chi connectivity index (χ4n) is 2.38. The molecule has 1 aliphatic carbocycles. The van der Waals surface area contributed by atoms with E-state index in [9.17, 15) is 5.11 Å². The van der Waals surface area contributed by atoms with Gasteiger partial charge in [0.05, 0.1) is 12.6 Å². The number of hydrogen-bond acceptors (Lipinski definition) is 3. The summed E-state index contributed by atoms with van der Waals surface area (Å²) in [7, 11) is 0. The molecule has 0 amide bonds. The maximum atomic E-state index is 9.18. The lowest BCUT2D eigenvalue weighted by Crippen LogP contribution is -2.17. The molecule has 1 aromatic heterocycles. The Morgan fingerprint density at radius 2 is 2.13 bits per heavy atom. The van der Waals surface area contributed by atoms with Crippen LogP contribution in [0.4, 0.5) is 0 Å². The summed E-state index contributed by atoms with van der Waals surface area (Å²) >= 11 is 0. The molecule has 84 valence electrons. The van der Waals surface area contributed by atoms with Gasteiger partial charge < -0.3 is 15.3 Å². The van der Waals surface area contributed by atoms with Crippen molar-refractivity contribution in [1.82, 2.24) is 0 Å². The zero-order chi connectivity index (χ0) is 11.0. The summed E-state index contributed by atoms with van der Waals surface area (Å²) in [5.41, 5.74) is 8.27. The Morgan fingerprint density at radius 1 is 1.40 bits per heavy atom. The molecule has 1 atom stereocenters. The van der Waals surface area contributed by atoms with Gasteiger partial charge in [0.25, 0.3) is 0 Å². The lowest BCUT2D eigenvalue weighted by atomic mass is 9.97. The van der Waals surface area contributed by atoms with Crippen LogP contribution in [0.5, 0.6) is 0 Å². The van der Waals surface area contributed by atoms with E-state index in [1.165, 1.54) is 5.56 Å². The topological polar surface area (TPSA) is 59.4 Å². The minimum Gasteiger partial charge on any atom is -0.465 e. The first kappa shape index (κ1) is 10.7. The third-order valence-corrected chi connectivity index (χ3v) is 3.08. The Bertz CT molecular complexity index is 355. The van der Waals surface area contributed by atoms with Gasteiger partial charge in [-0.25, -0.2) is 0 Å². The second-order valence-corrected chi connectivity index (χ2v) is 4.58. The normalized spacial score (nSPS) is 17.1. The van der Waals surface area contributed by atoms with Gasteiger partial charge in [-0.2, -0.15) is 0 Å². The Balaban J connectivity index is 2.47. The molecule has 15 heavy (non-hydrogen) atoms. The molecule has 2 rings (SSSR count). The molecule has 0 aromatic carbocycles. The fourth-order valence-corrected chi connectivity index (χ4v) is 2.38. The monoisotopic (exact) mass is 209 g/mol. The maximum Gasteiger partial charge on any atom is 0.111 e. The summed E-state index contributed by atoms with van der Waals surface area (Å²) < 4.78 is 5.85. The molecule has 0 spiro atoms. The molecule has 3 heteroatoms. The van der Waals surface area contributed by atoms with Crippen molar-refractivity contribution in [1.29, 1.82) is 0 Å². The highest BCUT2D eigenvalue weighted by Gasteiger charge is 2.28. The van der Waals surface area contributed by atoms with E-state index in [-0.39, 0.29) is 12.6 Å². The van der Waals surface area contributed by atoms with Gasteiger partial charge in [-0.1, -0.05) is 13.8 Å². The van der Waals surface area contributed by atoms with Crippen molar-refractivity contribution in [3.63, 3.8) is 0 Å². The van der Waals surface area contributed by atoms with Crippen LogP contribution in [0.15, 0.2) is 4.42 Å². The first-order valence-corrected chi connectivity index (χ1v) is 5.66. The third kappa shape index (κ3) is 1.70. The molecular formula is C12H19NO2. The first-order valence-electron chi connectivity index (χ1n) is 5.66. The highest BCUT2D eigenvalue weighted by Crippen LogP contribution is 2.37. The number of fused-ring (bicyclic) bond motifs is 1. The highest BCUT2D eigenvalue weighted by atomic mass is 16.3. The van der Waals surface area contributed by atoms with Crippen LogP contribution in [0.1, 0.15) is 54.9 Å². The molecule has 1 aromatic rings. The summed E-state index contributed by atoms with van der Waals surface area (Å²) in [6, 6.07) is -0.284. The molecule has 3 nitrogen and oxygen atoms in total. The van der Waals surface area contributed by atoms with E-state index in [1.807, 2.05) is 0 Å². The van der Waals surface area contributed by atoms with Gasteiger partial charge >= 0.3 is 0 Å².